The molecule has 1 aromatic rings. The zero-order valence-corrected chi connectivity index (χ0v) is 7.64. The average Bonchev–Trinajstić information content (AvgIpc) is 2.16. The highest BCUT2D eigenvalue weighted by Gasteiger charge is 1.99. The Morgan fingerprint density at radius 2 is 2.36 bits per heavy atom. The molecule has 0 aliphatic heterocycles. The number of rotatable bonds is 4. The summed E-state index contributed by atoms with van der Waals surface area (Å²) in [6.07, 6.45) is 2.16. The van der Waals surface area contributed by atoms with E-state index in [9.17, 15) is 4.79 Å². The Morgan fingerprint density at radius 1 is 1.57 bits per heavy atom. The van der Waals surface area contributed by atoms with Crippen molar-refractivity contribution in [2.45, 2.75) is 12.8 Å². The molecular weight excluding hydrogens is 184 g/mol. The van der Waals surface area contributed by atoms with Crippen LogP contribution >= 0.6 is 0 Å². The van der Waals surface area contributed by atoms with Crippen molar-refractivity contribution in [3.8, 4) is 5.88 Å². The monoisotopic (exact) mass is 196 g/mol. The van der Waals surface area contributed by atoms with Crippen LogP contribution in [0.3, 0.4) is 0 Å². The van der Waals surface area contributed by atoms with Crippen molar-refractivity contribution < 1.29 is 14.6 Å². The predicted octanol–water partition coefficient (Wildman–Crippen LogP) is 0.464. The van der Waals surface area contributed by atoms with Gasteiger partial charge >= 0.3 is 6.09 Å². The van der Waals surface area contributed by atoms with Crippen molar-refractivity contribution in [1.29, 1.82) is 0 Å². The van der Waals surface area contributed by atoms with Gasteiger partial charge < -0.3 is 15.6 Å². The summed E-state index contributed by atoms with van der Waals surface area (Å²) in [6.45, 7) is 0.152. The Labute approximate surface area is 81.5 Å². The van der Waals surface area contributed by atoms with Crippen molar-refractivity contribution in [1.82, 2.24) is 4.98 Å². The molecule has 0 spiro atoms. The van der Waals surface area contributed by atoms with Crippen LogP contribution in [-0.2, 0) is 6.42 Å². The maximum Gasteiger partial charge on any atom is 0.411 e. The van der Waals surface area contributed by atoms with Crippen molar-refractivity contribution in [3.63, 3.8) is 0 Å². The topological polar surface area (TPSA) is 85.4 Å². The van der Waals surface area contributed by atoms with Crippen LogP contribution in [0.25, 0.3) is 0 Å². The number of pyridine rings is 1. The molecule has 1 rings (SSSR count). The quantitative estimate of drug-likeness (QED) is 0.732. The number of nitrogens with two attached hydrogens (primary N) is 1. The lowest BCUT2D eigenvalue weighted by molar-refractivity contribution is 0.209. The summed E-state index contributed by atoms with van der Waals surface area (Å²) in [5.41, 5.74) is 5.79. The first kappa shape index (κ1) is 10.5. The van der Waals surface area contributed by atoms with Crippen LogP contribution in [0.2, 0.25) is 0 Å². The van der Waals surface area contributed by atoms with E-state index in [4.69, 9.17) is 10.8 Å². The lowest BCUT2D eigenvalue weighted by atomic mass is 10.2. The van der Waals surface area contributed by atoms with E-state index in [0.717, 1.165) is 12.0 Å². The van der Waals surface area contributed by atoms with Crippen LogP contribution in [0.1, 0.15) is 12.0 Å². The van der Waals surface area contributed by atoms with Gasteiger partial charge in [0.1, 0.15) is 0 Å². The largest absolute Gasteiger partial charge is 0.411 e. The summed E-state index contributed by atoms with van der Waals surface area (Å²) in [5.74, 6) is 0.185. The first-order valence-electron chi connectivity index (χ1n) is 4.25. The number of aryl methyl sites for hydroxylation is 1. The summed E-state index contributed by atoms with van der Waals surface area (Å²) in [7, 11) is 0. The minimum absolute atomic E-state index is 0.152. The first-order chi connectivity index (χ1) is 6.72. The van der Waals surface area contributed by atoms with E-state index in [1.165, 1.54) is 0 Å². The molecular formula is C9H12N2O3. The number of nitrogens with zero attached hydrogens (tertiary/aromatic N) is 1. The average molecular weight is 196 g/mol. The number of primary amides is 1. The molecule has 0 saturated heterocycles. The van der Waals surface area contributed by atoms with Gasteiger partial charge in [-0.05, 0) is 18.4 Å². The number of aliphatic hydroxyl groups is 1. The van der Waals surface area contributed by atoms with E-state index in [0.29, 0.717) is 6.42 Å². The van der Waals surface area contributed by atoms with Gasteiger partial charge in [0.25, 0.3) is 0 Å². The van der Waals surface area contributed by atoms with E-state index in [1.807, 2.05) is 0 Å². The third-order valence-corrected chi connectivity index (χ3v) is 1.63. The number of aromatic nitrogens is 1. The van der Waals surface area contributed by atoms with Gasteiger partial charge in [-0.15, -0.1) is 0 Å². The molecule has 0 aliphatic carbocycles. The molecule has 5 heteroatoms. The fourth-order valence-electron chi connectivity index (χ4n) is 1.01. The fourth-order valence-corrected chi connectivity index (χ4v) is 1.01. The molecule has 0 aromatic carbocycles. The maximum atomic E-state index is 10.4. The Kier molecular flexibility index (Phi) is 3.87. The molecule has 14 heavy (non-hydrogen) atoms. The third-order valence-electron chi connectivity index (χ3n) is 1.63. The molecule has 0 bridgehead atoms. The van der Waals surface area contributed by atoms with Crippen LogP contribution in [-0.4, -0.2) is 22.8 Å². The Morgan fingerprint density at radius 3 is 2.86 bits per heavy atom. The van der Waals surface area contributed by atoms with Crippen LogP contribution < -0.4 is 10.5 Å². The van der Waals surface area contributed by atoms with Gasteiger partial charge in [0.05, 0.1) is 0 Å². The third kappa shape index (κ3) is 3.40. The number of hydrogen-bond donors (Lipinski definition) is 2. The van der Waals surface area contributed by atoms with E-state index in [2.05, 4.69) is 9.72 Å². The molecule has 1 amide bonds. The lowest BCUT2D eigenvalue weighted by Gasteiger charge is -2.01. The Balaban J connectivity index is 2.54. The molecule has 0 fully saturated rings. The van der Waals surface area contributed by atoms with Gasteiger partial charge in [0, 0.05) is 18.9 Å². The summed E-state index contributed by atoms with van der Waals surface area (Å²) in [5, 5.41) is 8.59. The molecule has 5 nitrogen and oxygen atoms in total. The number of carbonyl (C=O) groups is 1. The zero-order chi connectivity index (χ0) is 10.4. The second kappa shape index (κ2) is 5.18. The predicted molar refractivity (Wildman–Crippen MR) is 49.9 cm³/mol. The molecule has 0 saturated carbocycles. The van der Waals surface area contributed by atoms with Gasteiger partial charge in [-0.1, -0.05) is 6.07 Å². The molecule has 0 atom stereocenters. The maximum absolute atomic E-state index is 10.4. The van der Waals surface area contributed by atoms with Crippen molar-refractivity contribution in [2.75, 3.05) is 6.61 Å². The molecule has 1 aromatic heterocycles. The van der Waals surface area contributed by atoms with Crippen LogP contribution in [0.5, 0.6) is 5.88 Å². The number of carbonyl (C=O) groups excluding carboxylic acids is 1. The van der Waals surface area contributed by atoms with E-state index < -0.39 is 6.09 Å². The molecule has 3 N–H and O–H groups in total. The Hall–Kier alpha value is -1.62. The highest BCUT2D eigenvalue weighted by atomic mass is 16.6. The normalized spacial score (nSPS) is 9.79. The molecule has 0 aliphatic rings. The number of aliphatic hydroxyl groups excluding tert-OH is 1. The van der Waals surface area contributed by atoms with Gasteiger partial charge in [-0.25, -0.2) is 9.78 Å². The van der Waals surface area contributed by atoms with Crippen molar-refractivity contribution >= 4 is 6.09 Å². The van der Waals surface area contributed by atoms with Gasteiger partial charge in [-0.2, -0.15) is 0 Å². The SMILES string of the molecule is NC(=O)Oc1ccc(CCCO)cn1. The zero-order valence-electron chi connectivity index (χ0n) is 7.64. The van der Waals surface area contributed by atoms with Crippen molar-refractivity contribution in [2.24, 2.45) is 5.73 Å². The highest BCUT2D eigenvalue weighted by molar-refractivity contribution is 5.67. The van der Waals surface area contributed by atoms with Gasteiger partial charge in [-0.3, -0.25) is 0 Å². The van der Waals surface area contributed by atoms with Crippen molar-refractivity contribution in [3.05, 3.63) is 23.9 Å². The van der Waals surface area contributed by atoms with Crippen LogP contribution in [0.4, 0.5) is 4.79 Å². The second-order valence-electron chi connectivity index (χ2n) is 2.75. The van der Waals surface area contributed by atoms with Crippen LogP contribution in [0.15, 0.2) is 18.3 Å². The highest BCUT2D eigenvalue weighted by Crippen LogP contribution is 2.08. The molecule has 0 radical (unpaired) electrons. The molecule has 0 unspecified atom stereocenters. The standard InChI is InChI=1S/C9H12N2O3/c10-9(13)14-8-4-3-7(6-11-8)2-1-5-12/h3-4,6,12H,1-2,5H2,(H2,10,13). The number of ether oxygens (including phenoxy) is 1. The number of hydrogen-bond acceptors (Lipinski definition) is 4. The molecule has 1 heterocycles. The Bertz CT molecular complexity index is 297. The van der Waals surface area contributed by atoms with E-state index in [1.54, 1.807) is 18.3 Å². The summed E-state index contributed by atoms with van der Waals surface area (Å²) in [4.78, 5) is 14.2. The lowest BCUT2D eigenvalue weighted by Crippen LogP contribution is -2.16. The van der Waals surface area contributed by atoms with Gasteiger partial charge in [0.2, 0.25) is 5.88 Å². The van der Waals surface area contributed by atoms with Gasteiger partial charge in [0.15, 0.2) is 0 Å². The second-order valence-corrected chi connectivity index (χ2v) is 2.75. The minimum atomic E-state index is -0.874. The minimum Gasteiger partial charge on any atom is -0.396 e. The van der Waals surface area contributed by atoms with Crippen LogP contribution in [0, 0.1) is 0 Å². The summed E-state index contributed by atoms with van der Waals surface area (Å²) >= 11 is 0. The first-order valence-corrected chi connectivity index (χ1v) is 4.25. The molecule has 76 valence electrons. The van der Waals surface area contributed by atoms with E-state index in [-0.39, 0.29) is 12.5 Å². The summed E-state index contributed by atoms with van der Waals surface area (Å²) < 4.78 is 4.55. The van der Waals surface area contributed by atoms with E-state index >= 15 is 0 Å². The summed E-state index contributed by atoms with van der Waals surface area (Å²) in [6, 6.07) is 3.35. The number of amides is 1. The smallest absolute Gasteiger partial charge is 0.396 e. The fraction of sp³-hybridized carbons (Fsp3) is 0.333.